The standard InChI is InChI=1S/C15H12FN3O2/c16-14-5-13(6-15(7-14)19(20)21)10-18-9-12-3-1-11(8-17)2-4-12/h1-7,18H,9-10H2. The number of nitro benzene ring substituents is 1. The lowest BCUT2D eigenvalue weighted by atomic mass is 10.1. The maximum atomic E-state index is 13.3. The Balaban J connectivity index is 1.96. The Morgan fingerprint density at radius 1 is 1.14 bits per heavy atom. The van der Waals surface area contributed by atoms with Gasteiger partial charge in [-0.05, 0) is 29.3 Å². The van der Waals surface area contributed by atoms with Crippen LogP contribution >= 0.6 is 0 Å². The number of nitro groups is 1. The molecule has 6 heteroatoms. The van der Waals surface area contributed by atoms with Crippen LogP contribution in [0, 0.1) is 27.3 Å². The summed E-state index contributed by atoms with van der Waals surface area (Å²) in [6.07, 6.45) is 0. The van der Waals surface area contributed by atoms with Crippen molar-refractivity contribution in [2.24, 2.45) is 0 Å². The second kappa shape index (κ2) is 6.59. The van der Waals surface area contributed by atoms with Crippen molar-refractivity contribution in [2.75, 3.05) is 0 Å². The quantitative estimate of drug-likeness (QED) is 0.676. The molecule has 0 aliphatic carbocycles. The van der Waals surface area contributed by atoms with Crippen LogP contribution in [0.2, 0.25) is 0 Å². The number of non-ortho nitro benzene ring substituents is 1. The van der Waals surface area contributed by atoms with E-state index in [1.165, 1.54) is 12.1 Å². The largest absolute Gasteiger partial charge is 0.309 e. The highest BCUT2D eigenvalue weighted by atomic mass is 19.1. The first-order valence-corrected chi connectivity index (χ1v) is 6.22. The van der Waals surface area contributed by atoms with Crippen LogP contribution < -0.4 is 5.32 Å². The van der Waals surface area contributed by atoms with E-state index in [0.29, 0.717) is 24.2 Å². The molecule has 0 amide bonds. The first-order valence-electron chi connectivity index (χ1n) is 6.22. The number of nitrogens with one attached hydrogen (secondary N) is 1. The van der Waals surface area contributed by atoms with Gasteiger partial charge in [-0.3, -0.25) is 10.1 Å². The molecule has 0 aliphatic rings. The normalized spacial score (nSPS) is 10.1. The zero-order chi connectivity index (χ0) is 15.2. The highest BCUT2D eigenvalue weighted by molar-refractivity contribution is 5.35. The van der Waals surface area contributed by atoms with Crippen molar-refractivity contribution in [2.45, 2.75) is 13.1 Å². The van der Waals surface area contributed by atoms with Crippen molar-refractivity contribution in [1.82, 2.24) is 5.32 Å². The summed E-state index contributed by atoms with van der Waals surface area (Å²) in [4.78, 5) is 10.0. The topological polar surface area (TPSA) is 79.0 Å². The second-order valence-corrected chi connectivity index (χ2v) is 4.49. The van der Waals surface area contributed by atoms with Crippen LogP contribution in [-0.2, 0) is 13.1 Å². The molecule has 0 aromatic heterocycles. The van der Waals surface area contributed by atoms with Gasteiger partial charge >= 0.3 is 0 Å². The van der Waals surface area contributed by atoms with Crippen LogP contribution in [-0.4, -0.2) is 4.92 Å². The SMILES string of the molecule is N#Cc1ccc(CNCc2cc(F)cc([N+](=O)[O-])c2)cc1. The van der Waals surface area contributed by atoms with E-state index in [1.54, 1.807) is 12.1 Å². The summed E-state index contributed by atoms with van der Waals surface area (Å²) in [6, 6.07) is 12.6. The summed E-state index contributed by atoms with van der Waals surface area (Å²) in [6.45, 7) is 0.842. The molecule has 106 valence electrons. The predicted octanol–water partition coefficient (Wildman–Crippen LogP) is 2.90. The minimum absolute atomic E-state index is 0.259. The van der Waals surface area contributed by atoms with Crippen molar-refractivity contribution < 1.29 is 9.31 Å². The third-order valence-electron chi connectivity index (χ3n) is 2.89. The van der Waals surface area contributed by atoms with Gasteiger partial charge in [0.15, 0.2) is 0 Å². The number of rotatable bonds is 5. The fourth-order valence-electron chi connectivity index (χ4n) is 1.89. The predicted molar refractivity (Wildman–Crippen MR) is 74.8 cm³/mol. The summed E-state index contributed by atoms with van der Waals surface area (Å²) in [5.41, 5.74) is 1.81. The number of halogens is 1. The number of nitriles is 1. The van der Waals surface area contributed by atoms with E-state index < -0.39 is 10.7 Å². The smallest absolute Gasteiger partial charge is 0.272 e. The molecule has 0 bridgehead atoms. The molecule has 1 N–H and O–H groups in total. The van der Waals surface area contributed by atoms with Gasteiger partial charge in [-0.2, -0.15) is 5.26 Å². The lowest BCUT2D eigenvalue weighted by Crippen LogP contribution is -2.13. The van der Waals surface area contributed by atoms with E-state index in [9.17, 15) is 14.5 Å². The number of hydrogen-bond donors (Lipinski definition) is 1. The van der Waals surface area contributed by atoms with Crippen LogP contribution in [0.1, 0.15) is 16.7 Å². The maximum Gasteiger partial charge on any atom is 0.272 e. The van der Waals surface area contributed by atoms with Gasteiger partial charge in [0.25, 0.3) is 5.69 Å². The van der Waals surface area contributed by atoms with E-state index in [2.05, 4.69) is 5.32 Å². The summed E-state index contributed by atoms with van der Waals surface area (Å²) >= 11 is 0. The molecule has 5 nitrogen and oxygen atoms in total. The highest BCUT2D eigenvalue weighted by Crippen LogP contribution is 2.16. The van der Waals surface area contributed by atoms with E-state index >= 15 is 0 Å². The highest BCUT2D eigenvalue weighted by Gasteiger charge is 2.09. The lowest BCUT2D eigenvalue weighted by molar-refractivity contribution is -0.385. The minimum atomic E-state index is -0.626. The molecule has 0 unspecified atom stereocenters. The third-order valence-corrected chi connectivity index (χ3v) is 2.89. The Morgan fingerprint density at radius 3 is 2.43 bits per heavy atom. The molecule has 2 rings (SSSR count). The monoisotopic (exact) mass is 285 g/mol. The third kappa shape index (κ3) is 4.09. The van der Waals surface area contributed by atoms with Gasteiger partial charge in [0.1, 0.15) is 5.82 Å². The zero-order valence-electron chi connectivity index (χ0n) is 11.0. The lowest BCUT2D eigenvalue weighted by Gasteiger charge is -2.05. The molecule has 0 radical (unpaired) electrons. The Kier molecular flexibility index (Phi) is 4.59. The Hall–Kier alpha value is -2.78. The molecule has 0 fully saturated rings. The summed E-state index contributed by atoms with van der Waals surface area (Å²) in [5, 5.41) is 22.4. The zero-order valence-corrected chi connectivity index (χ0v) is 11.0. The van der Waals surface area contributed by atoms with Crippen LogP contribution in [0.4, 0.5) is 10.1 Å². The fraction of sp³-hybridized carbons (Fsp3) is 0.133. The van der Waals surface area contributed by atoms with Crippen LogP contribution in [0.25, 0.3) is 0 Å². The van der Waals surface area contributed by atoms with Crippen LogP contribution in [0.15, 0.2) is 42.5 Å². The van der Waals surface area contributed by atoms with Crippen molar-refractivity contribution in [3.8, 4) is 6.07 Å². The van der Waals surface area contributed by atoms with Crippen molar-refractivity contribution in [1.29, 1.82) is 5.26 Å². The van der Waals surface area contributed by atoms with E-state index in [0.717, 1.165) is 11.6 Å². The Labute approximate surface area is 120 Å². The van der Waals surface area contributed by atoms with E-state index in [4.69, 9.17) is 5.26 Å². The van der Waals surface area contributed by atoms with Gasteiger partial charge in [0, 0.05) is 19.2 Å². The summed E-state index contributed by atoms with van der Waals surface area (Å²) in [7, 11) is 0. The molecule has 0 saturated heterocycles. The van der Waals surface area contributed by atoms with Crippen LogP contribution in [0.5, 0.6) is 0 Å². The average Bonchev–Trinajstić information content (AvgIpc) is 2.47. The fourth-order valence-corrected chi connectivity index (χ4v) is 1.89. The first-order chi connectivity index (χ1) is 10.1. The molecule has 2 aromatic carbocycles. The van der Waals surface area contributed by atoms with Gasteiger partial charge < -0.3 is 5.32 Å². The van der Waals surface area contributed by atoms with Crippen molar-refractivity contribution >= 4 is 5.69 Å². The molecule has 0 spiro atoms. The molecular weight excluding hydrogens is 273 g/mol. The molecule has 0 aliphatic heterocycles. The van der Waals surface area contributed by atoms with E-state index in [-0.39, 0.29) is 5.69 Å². The van der Waals surface area contributed by atoms with Gasteiger partial charge in [-0.25, -0.2) is 4.39 Å². The van der Waals surface area contributed by atoms with Gasteiger partial charge in [0.05, 0.1) is 22.6 Å². The number of benzene rings is 2. The van der Waals surface area contributed by atoms with Gasteiger partial charge in [-0.1, -0.05) is 12.1 Å². The molecule has 21 heavy (non-hydrogen) atoms. The molecule has 0 atom stereocenters. The summed E-state index contributed by atoms with van der Waals surface area (Å²) in [5.74, 6) is -0.626. The molecule has 0 heterocycles. The minimum Gasteiger partial charge on any atom is -0.309 e. The van der Waals surface area contributed by atoms with Gasteiger partial charge in [0.2, 0.25) is 0 Å². The number of nitrogens with zero attached hydrogens (tertiary/aromatic N) is 2. The number of hydrogen-bond acceptors (Lipinski definition) is 4. The van der Waals surface area contributed by atoms with E-state index in [1.807, 2.05) is 18.2 Å². The molecule has 0 saturated carbocycles. The second-order valence-electron chi connectivity index (χ2n) is 4.49. The van der Waals surface area contributed by atoms with Crippen molar-refractivity contribution in [3.63, 3.8) is 0 Å². The van der Waals surface area contributed by atoms with Crippen LogP contribution in [0.3, 0.4) is 0 Å². The molecule has 2 aromatic rings. The first kappa shape index (κ1) is 14.6. The molecular formula is C15H12FN3O2. The average molecular weight is 285 g/mol. The van der Waals surface area contributed by atoms with Gasteiger partial charge in [-0.15, -0.1) is 0 Å². The summed E-state index contributed by atoms with van der Waals surface area (Å²) < 4.78 is 13.3. The van der Waals surface area contributed by atoms with Crippen molar-refractivity contribution in [3.05, 3.63) is 75.1 Å². The maximum absolute atomic E-state index is 13.3. The Morgan fingerprint density at radius 2 is 1.81 bits per heavy atom. The Bertz CT molecular complexity index is 693.